The first-order valence-electron chi connectivity index (χ1n) is 11.0. The normalized spacial score (nSPS) is 16.6. The van der Waals surface area contributed by atoms with Crippen LogP contribution >= 0.6 is 11.3 Å². The molecular formula is C25H26N4O3S. The molecule has 4 heterocycles. The van der Waals surface area contributed by atoms with Gasteiger partial charge >= 0.3 is 0 Å². The summed E-state index contributed by atoms with van der Waals surface area (Å²) in [5.74, 6) is -0.136. The zero-order chi connectivity index (χ0) is 22.9. The Morgan fingerprint density at radius 3 is 2.79 bits per heavy atom. The third-order valence-corrected chi connectivity index (χ3v) is 7.44. The van der Waals surface area contributed by atoms with Gasteiger partial charge in [-0.3, -0.25) is 14.6 Å². The van der Waals surface area contributed by atoms with E-state index in [2.05, 4.69) is 22.2 Å². The number of methoxy groups -OCH3 is 1. The Morgan fingerprint density at radius 2 is 2.06 bits per heavy atom. The summed E-state index contributed by atoms with van der Waals surface area (Å²) in [6, 6.07) is 13.6. The van der Waals surface area contributed by atoms with Crippen LogP contribution in [0, 0.1) is 0 Å². The van der Waals surface area contributed by atoms with Crippen molar-refractivity contribution in [2.45, 2.75) is 25.6 Å². The molecular weight excluding hydrogens is 436 g/mol. The van der Waals surface area contributed by atoms with E-state index in [-0.39, 0.29) is 24.1 Å². The Hall–Kier alpha value is -3.07. The van der Waals surface area contributed by atoms with Gasteiger partial charge in [-0.05, 0) is 38.2 Å². The predicted molar refractivity (Wildman–Crippen MR) is 131 cm³/mol. The van der Waals surface area contributed by atoms with E-state index in [4.69, 9.17) is 4.74 Å². The minimum Gasteiger partial charge on any atom is -0.380 e. The minimum absolute atomic E-state index is 0.112. The molecule has 8 heteroatoms. The van der Waals surface area contributed by atoms with Crippen molar-refractivity contribution in [3.05, 3.63) is 75.1 Å². The number of fused-ring (bicyclic) bond motifs is 3. The topological polar surface area (TPSA) is 76.5 Å². The molecule has 3 aromatic heterocycles. The highest BCUT2D eigenvalue weighted by atomic mass is 32.1. The highest BCUT2D eigenvalue weighted by Crippen LogP contribution is 2.35. The summed E-state index contributed by atoms with van der Waals surface area (Å²) in [5.41, 5.74) is 2.16. The van der Waals surface area contributed by atoms with Gasteiger partial charge in [-0.1, -0.05) is 24.3 Å². The minimum atomic E-state index is -0.136. The van der Waals surface area contributed by atoms with Crippen molar-refractivity contribution in [3.8, 4) is 0 Å². The van der Waals surface area contributed by atoms with E-state index in [1.165, 1.54) is 11.3 Å². The number of benzene rings is 1. The first-order valence-corrected chi connectivity index (χ1v) is 11.8. The molecule has 1 N–H and O–H groups in total. The molecule has 0 aliphatic carbocycles. The van der Waals surface area contributed by atoms with Crippen LogP contribution in [0.1, 0.15) is 27.3 Å². The van der Waals surface area contributed by atoms with Crippen LogP contribution in [0.4, 0.5) is 0 Å². The van der Waals surface area contributed by atoms with Gasteiger partial charge in [0.05, 0.1) is 39.3 Å². The number of nitrogens with zero attached hydrogens (tertiary/aromatic N) is 3. The van der Waals surface area contributed by atoms with Crippen LogP contribution < -0.4 is 10.9 Å². The fourth-order valence-corrected chi connectivity index (χ4v) is 5.84. The fourth-order valence-electron chi connectivity index (χ4n) is 4.61. The van der Waals surface area contributed by atoms with Crippen molar-refractivity contribution >= 4 is 38.2 Å². The lowest BCUT2D eigenvalue weighted by molar-refractivity contribution is 0.0938. The Morgan fingerprint density at radius 1 is 1.24 bits per heavy atom. The Labute approximate surface area is 195 Å². The average molecular weight is 463 g/mol. The summed E-state index contributed by atoms with van der Waals surface area (Å²) >= 11 is 1.38. The van der Waals surface area contributed by atoms with Crippen LogP contribution in [0.25, 0.3) is 21.0 Å². The van der Waals surface area contributed by atoms with Gasteiger partial charge in [-0.2, -0.15) is 0 Å². The molecule has 5 rings (SSSR count). The molecule has 1 atom stereocenters. The molecule has 0 spiro atoms. The summed E-state index contributed by atoms with van der Waals surface area (Å²) in [5, 5.41) is 4.67. The quantitative estimate of drug-likeness (QED) is 0.476. The van der Waals surface area contributed by atoms with Crippen LogP contribution in [0.5, 0.6) is 0 Å². The number of nitrogens with one attached hydrogen (secondary N) is 1. The summed E-state index contributed by atoms with van der Waals surface area (Å²) in [4.78, 5) is 34.3. The molecule has 0 bridgehead atoms. The summed E-state index contributed by atoms with van der Waals surface area (Å²) < 4.78 is 8.03. The summed E-state index contributed by atoms with van der Waals surface area (Å²) in [7, 11) is 3.64. The largest absolute Gasteiger partial charge is 0.380 e. The number of amides is 1. The van der Waals surface area contributed by atoms with Crippen molar-refractivity contribution in [3.63, 3.8) is 0 Å². The van der Waals surface area contributed by atoms with Gasteiger partial charge < -0.3 is 19.5 Å². The lowest BCUT2D eigenvalue weighted by atomic mass is 10.1. The van der Waals surface area contributed by atoms with E-state index in [0.717, 1.165) is 40.8 Å². The van der Waals surface area contributed by atoms with Crippen molar-refractivity contribution < 1.29 is 9.53 Å². The predicted octanol–water partition coefficient (Wildman–Crippen LogP) is 3.24. The van der Waals surface area contributed by atoms with E-state index >= 15 is 0 Å². The van der Waals surface area contributed by atoms with Crippen LogP contribution in [-0.2, 0) is 17.9 Å². The summed E-state index contributed by atoms with van der Waals surface area (Å²) in [6.07, 6.45) is 2.65. The molecule has 0 saturated carbocycles. The molecule has 1 aromatic carbocycles. The number of aromatic nitrogens is 2. The number of pyridine rings is 2. The SMILES string of the molecule is COCc1c(C(=O)NC2CCN(C)C2)sc2c1c(=O)n(Cc1ccccn1)c1ccccc21. The molecule has 1 aliphatic rings. The van der Waals surface area contributed by atoms with Crippen molar-refractivity contribution in [2.24, 2.45) is 0 Å². The second-order valence-electron chi connectivity index (χ2n) is 8.50. The zero-order valence-electron chi connectivity index (χ0n) is 18.7. The van der Waals surface area contributed by atoms with E-state index in [9.17, 15) is 9.59 Å². The number of para-hydroxylation sites is 1. The second kappa shape index (κ2) is 9.05. The third-order valence-electron chi connectivity index (χ3n) is 6.17. The smallest absolute Gasteiger partial charge is 0.262 e. The van der Waals surface area contributed by atoms with Gasteiger partial charge in [0.15, 0.2) is 0 Å². The van der Waals surface area contributed by atoms with E-state index < -0.39 is 0 Å². The van der Waals surface area contributed by atoms with Gasteiger partial charge in [0.1, 0.15) is 0 Å². The highest BCUT2D eigenvalue weighted by molar-refractivity contribution is 7.22. The Kier molecular flexibility index (Phi) is 5.97. The van der Waals surface area contributed by atoms with Gasteiger partial charge in [0.25, 0.3) is 11.5 Å². The van der Waals surface area contributed by atoms with Crippen LogP contribution in [0.3, 0.4) is 0 Å². The number of carbonyl (C=O) groups is 1. The summed E-state index contributed by atoms with van der Waals surface area (Å²) in [6.45, 7) is 2.35. The van der Waals surface area contributed by atoms with E-state index in [1.54, 1.807) is 17.9 Å². The van der Waals surface area contributed by atoms with Crippen molar-refractivity contribution in [2.75, 3.05) is 27.2 Å². The van der Waals surface area contributed by atoms with E-state index in [1.807, 2.05) is 42.5 Å². The number of likely N-dealkylation sites (tertiary alicyclic amines) is 1. The maximum atomic E-state index is 13.8. The molecule has 1 amide bonds. The van der Waals surface area contributed by atoms with Crippen molar-refractivity contribution in [1.29, 1.82) is 0 Å². The second-order valence-corrected chi connectivity index (χ2v) is 9.52. The lowest BCUT2D eigenvalue weighted by Gasteiger charge is -2.13. The third kappa shape index (κ3) is 4.06. The molecule has 7 nitrogen and oxygen atoms in total. The number of carbonyl (C=O) groups excluding carboxylic acids is 1. The molecule has 0 radical (unpaired) electrons. The van der Waals surface area contributed by atoms with Gasteiger partial charge in [0, 0.05) is 36.8 Å². The first-order chi connectivity index (χ1) is 16.1. The number of ether oxygens (including phenoxy) is 1. The molecule has 33 heavy (non-hydrogen) atoms. The number of thiophene rings is 1. The first kappa shape index (κ1) is 21.8. The number of hydrogen-bond donors (Lipinski definition) is 1. The number of hydrogen-bond acceptors (Lipinski definition) is 6. The maximum absolute atomic E-state index is 13.8. The van der Waals surface area contributed by atoms with Gasteiger partial charge in [-0.25, -0.2) is 0 Å². The molecule has 4 aromatic rings. The molecule has 1 saturated heterocycles. The van der Waals surface area contributed by atoms with Crippen LogP contribution in [0.2, 0.25) is 0 Å². The van der Waals surface area contributed by atoms with E-state index in [0.29, 0.717) is 22.4 Å². The number of rotatable bonds is 6. The molecule has 1 fully saturated rings. The Balaban J connectivity index is 1.69. The van der Waals surface area contributed by atoms with Gasteiger partial charge in [0.2, 0.25) is 0 Å². The fraction of sp³-hybridized carbons (Fsp3) is 0.320. The van der Waals surface area contributed by atoms with Crippen LogP contribution in [-0.4, -0.2) is 53.6 Å². The lowest BCUT2D eigenvalue weighted by Crippen LogP contribution is -2.36. The monoisotopic (exact) mass is 462 g/mol. The van der Waals surface area contributed by atoms with Crippen LogP contribution in [0.15, 0.2) is 53.5 Å². The molecule has 1 aliphatic heterocycles. The maximum Gasteiger partial charge on any atom is 0.262 e. The van der Waals surface area contributed by atoms with Crippen molar-refractivity contribution in [1.82, 2.24) is 19.8 Å². The average Bonchev–Trinajstić information content (AvgIpc) is 3.41. The Bertz CT molecular complexity index is 1380. The zero-order valence-corrected chi connectivity index (χ0v) is 19.5. The van der Waals surface area contributed by atoms with Gasteiger partial charge in [-0.15, -0.1) is 11.3 Å². The number of likely N-dealkylation sites (N-methyl/N-ethyl adjacent to an activating group) is 1. The molecule has 170 valence electrons. The molecule has 1 unspecified atom stereocenters. The highest BCUT2D eigenvalue weighted by Gasteiger charge is 2.27. The standard InChI is InChI=1S/C25H26N4O3S/c1-28-12-10-17(13-28)27-24(30)23-19(15-32-2)21-22(33-23)18-8-3-4-9-20(18)29(25(21)31)14-16-7-5-6-11-26-16/h3-9,11,17H,10,12-15H2,1-2H3,(H,27,30).